The van der Waals surface area contributed by atoms with E-state index in [0.29, 0.717) is 5.75 Å². The zero-order valence-electron chi connectivity index (χ0n) is 13.8. The molecule has 0 atom stereocenters. The van der Waals surface area contributed by atoms with Crippen LogP contribution < -0.4 is 19.7 Å². The molecule has 3 rings (SSSR count). The van der Waals surface area contributed by atoms with E-state index in [1.807, 2.05) is 24.3 Å². The lowest BCUT2D eigenvalue weighted by Gasteiger charge is -2.21. The van der Waals surface area contributed by atoms with Crippen molar-refractivity contribution in [3.05, 3.63) is 48.5 Å². The first kappa shape index (κ1) is 16.2. The molecule has 1 amide bonds. The van der Waals surface area contributed by atoms with E-state index in [-0.39, 0.29) is 12.5 Å². The summed E-state index contributed by atoms with van der Waals surface area (Å²) in [5.41, 5.74) is 1.91. The largest absolute Gasteiger partial charge is 0.497 e. The maximum absolute atomic E-state index is 12.2. The Balaban J connectivity index is 1.58. The highest BCUT2D eigenvalue weighted by molar-refractivity contribution is 5.95. The standard InChI is InChI=1S/C19H22N2O3/c1-23-15-8-10-16(11-9-15)24-14-19(22)20-17-6-2-3-7-18(17)21-12-4-5-13-21/h2-3,6-11H,4-5,12-14H2,1H3,(H,20,22). The molecule has 1 N–H and O–H groups in total. The molecule has 1 fully saturated rings. The van der Waals surface area contributed by atoms with Gasteiger partial charge in [0.15, 0.2) is 6.61 Å². The minimum Gasteiger partial charge on any atom is -0.497 e. The molecule has 1 aliphatic heterocycles. The number of nitrogens with one attached hydrogen (secondary N) is 1. The first-order valence-electron chi connectivity index (χ1n) is 8.17. The van der Waals surface area contributed by atoms with Crippen molar-refractivity contribution in [3.8, 4) is 11.5 Å². The van der Waals surface area contributed by atoms with E-state index in [1.54, 1.807) is 31.4 Å². The number of amides is 1. The molecular weight excluding hydrogens is 304 g/mol. The first-order chi connectivity index (χ1) is 11.8. The van der Waals surface area contributed by atoms with Gasteiger partial charge in [-0.25, -0.2) is 0 Å². The number of rotatable bonds is 6. The Morgan fingerprint density at radius 3 is 2.42 bits per heavy atom. The van der Waals surface area contributed by atoms with Gasteiger partial charge in [-0.1, -0.05) is 12.1 Å². The third-order valence-electron chi connectivity index (χ3n) is 4.05. The van der Waals surface area contributed by atoms with Gasteiger partial charge in [-0.05, 0) is 49.2 Å². The van der Waals surface area contributed by atoms with Gasteiger partial charge in [-0.15, -0.1) is 0 Å². The van der Waals surface area contributed by atoms with Gasteiger partial charge in [-0.3, -0.25) is 4.79 Å². The fraction of sp³-hybridized carbons (Fsp3) is 0.316. The average molecular weight is 326 g/mol. The van der Waals surface area contributed by atoms with E-state index in [9.17, 15) is 4.79 Å². The summed E-state index contributed by atoms with van der Waals surface area (Å²) >= 11 is 0. The minimum absolute atomic E-state index is 0.0271. The Morgan fingerprint density at radius 1 is 1.04 bits per heavy atom. The van der Waals surface area contributed by atoms with Crippen LogP contribution >= 0.6 is 0 Å². The van der Waals surface area contributed by atoms with Gasteiger partial charge in [0.25, 0.3) is 5.91 Å². The Labute approximate surface area is 142 Å². The highest BCUT2D eigenvalue weighted by atomic mass is 16.5. The lowest BCUT2D eigenvalue weighted by molar-refractivity contribution is -0.118. The van der Waals surface area contributed by atoms with Crippen LogP contribution in [0.15, 0.2) is 48.5 Å². The first-order valence-corrected chi connectivity index (χ1v) is 8.17. The average Bonchev–Trinajstić information content (AvgIpc) is 3.15. The zero-order chi connectivity index (χ0) is 16.8. The van der Waals surface area contributed by atoms with Crippen molar-refractivity contribution in [2.45, 2.75) is 12.8 Å². The summed E-state index contributed by atoms with van der Waals surface area (Å²) in [6, 6.07) is 15.1. The number of anilines is 2. The van der Waals surface area contributed by atoms with E-state index < -0.39 is 0 Å². The molecule has 0 radical (unpaired) electrons. The summed E-state index contributed by atoms with van der Waals surface area (Å²) in [5.74, 6) is 1.22. The van der Waals surface area contributed by atoms with Crippen LogP contribution in [-0.2, 0) is 4.79 Å². The van der Waals surface area contributed by atoms with Crippen LogP contribution in [0.2, 0.25) is 0 Å². The van der Waals surface area contributed by atoms with Gasteiger partial charge in [0.1, 0.15) is 11.5 Å². The Bertz CT molecular complexity index is 679. The molecule has 0 aliphatic carbocycles. The van der Waals surface area contributed by atoms with E-state index in [4.69, 9.17) is 9.47 Å². The Hall–Kier alpha value is -2.69. The normalized spacial score (nSPS) is 13.6. The number of carbonyl (C=O) groups is 1. The van der Waals surface area contributed by atoms with Crippen molar-refractivity contribution in [2.75, 3.05) is 37.0 Å². The van der Waals surface area contributed by atoms with Gasteiger partial charge in [0.2, 0.25) is 0 Å². The molecule has 1 saturated heterocycles. The predicted molar refractivity (Wildman–Crippen MR) is 95.0 cm³/mol. The molecule has 1 aliphatic rings. The lowest BCUT2D eigenvalue weighted by atomic mass is 10.2. The fourth-order valence-corrected chi connectivity index (χ4v) is 2.82. The summed E-state index contributed by atoms with van der Waals surface area (Å²) in [6.07, 6.45) is 2.39. The Kier molecular flexibility index (Phi) is 5.21. The molecule has 126 valence electrons. The molecule has 0 aromatic heterocycles. The maximum Gasteiger partial charge on any atom is 0.262 e. The van der Waals surface area contributed by atoms with Crippen LogP contribution in [0.3, 0.4) is 0 Å². The molecule has 0 unspecified atom stereocenters. The van der Waals surface area contributed by atoms with Crippen molar-refractivity contribution in [1.82, 2.24) is 0 Å². The van der Waals surface area contributed by atoms with Gasteiger partial charge in [-0.2, -0.15) is 0 Å². The molecule has 0 spiro atoms. The third kappa shape index (κ3) is 3.98. The van der Waals surface area contributed by atoms with Gasteiger partial charge in [0, 0.05) is 13.1 Å². The number of carbonyl (C=O) groups excluding carboxylic acids is 1. The fourth-order valence-electron chi connectivity index (χ4n) is 2.82. The quantitative estimate of drug-likeness (QED) is 0.885. The highest BCUT2D eigenvalue weighted by Gasteiger charge is 2.16. The number of hydrogen-bond acceptors (Lipinski definition) is 4. The van der Waals surface area contributed by atoms with Crippen molar-refractivity contribution in [1.29, 1.82) is 0 Å². The summed E-state index contributed by atoms with van der Waals surface area (Å²) in [4.78, 5) is 14.5. The van der Waals surface area contributed by atoms with E-state index in [0.717, 1.165) is 30.2 Å². The van der Waals surface area contributed by atoms with Crippen LogP contribution in [0.25, 0.3) is 0 Å². The highest BCUT2D eigenvalue weighted by Crippen LogP contribution is 2.28. The topological polar surface area (TPSA) is 50.8 Å². The minimum atomic E-state index is -0.169. The number of benzene rings is 2. The second-order valence-electron chi connectivity index (χ2n) is 5.72. The van der Waals surface area contributed by atoms with Crippen LogP contribution in [0.1, 0.15) is 12.8 Å². The SMILES string of the molecule is COc1ccc(OCC(=O)Nc2ccccc2N2CCCC2)cc1. The van der Waals surface area contributed by atoms with Crippen LogP contribution in [0, 0.1) is 0 Å². The Morgan fingerprint density at radius 2 is 1.71 bits per heavy atom. The number of ether oxygens (including phenoxy) is 2. The monoisotopic (exact) mass is 326 g/mol. The molecule has 2 aromatic rings. The molecule has 0 bridgehead atoms. The second kappa shape index (κ2) is 7.73. The van der Waals surface area contributed by atoms with Crippen LogP contribution in [-0.4, -0.2) is 32.7 Å². The predicted octanol–water partition coefficient (Wildman–Crippen LogP) is 3.31. The maximum atomic E-state index is 12.2. The lowest BCUT2D eigenvalue weighted by Crippen LogP contribution is -2.24. The third-order valence-corrected chi connectivity index (χ3v) is 4.05. The summed E-state index contributed by atoms with van der Waals surface area (Å²) in [7, 11) is 1.61. The van der Waals surface area contributed by atoms with E-state index >= 15 is 0 Å². The summed E-state index contributed by atoms with van der Waals surface area (Å²) in [6.45, 7) is 2.05. The van der Waals surface area contributed by atoms with Crippen molar-refractivity contribution >= 4 is 17.3 Å². The summed E-state index contributed by atoms with van der Waals surface area (Å²) < 4.78 is 10.6. The molecule has 1 heterocycles. The second-order valence-corrected chi connectivity index (χ2v) is 5.72. The molecule has 0 saturated carbocycles. The number of hydrogen-bond donors (Lipinski definition) is 1. The molecule has 24 heavy (non-hydrogen) atoms. The van der Waals surface area contributed by atoms with E-state index in [2.05, 4.69) is 10.2 Å². The molecule has 2 aromatic carbocycles. The van der Waals surface area contributed by atoms with Crippen LogP contribution in [0.4, 0.5) is 11.4 Å². The van der Waals surface area contributed by atoms with Gasteiger partial charge >= 0.3 is 0 Å². The van der Waals surface area contributed by atoms with Crippen molar-refractivity contribution in [3.63, 3.8) is 0 Å². The van der Waals surface area contributed by atoms with Crippen molar-refractivity contribution in [2.24, 2.45) is 0 Å². The van der Waals surface area contributed by atoms with Gasteiger partial charge in [0.05, 0.1) is 18.5 Å². The molecular formula is C19H22N2O3. The van der Waals surface area contributed by atoms with Crippen LogP contribution in [0.5, 0.6) is 11.5 Å². The van der Waals surface area contributed by atoms with E-state index in [1.165, 1.54) is 12.8 Å². The smallest absolute Gasteiger partial charge is 0.262 e. The number of para-hydroxylation sites is 2. The summed E-state index contributed by atoms with van der Waals surface area (Å²) in [5, 5.41) is 2.95. The number of nitrogens with zero attached hydrogens (tertiary/aromatic N) is 1. The number of methoxy groups -OCH3 is 1. The van der Waals surface area contributed by atoms with Crippen molar-refractivity contribution < 1.29 is 14.3 Å². The van der Waals surface area contributed by atoms with Gasteiger partial charge < -0.3 is 19.7 Å². The molecule has 5 nitrogen and oxygen atoms in total. The molecule has 5 heteroatoms. The zero-order valence-corrected chi connectivity index (χ0v) is 13.8.